The Morgan fingerprint density at radius 2 is 2.07 bits per heavy atom. The molecule has 0 unspecified atom stereocenters. The van der Waals surface area contributed by atoms with Gasteiger partial charge in [0.05, 0.1) is 20.8 Å². The van der Waals surface area contributed by atoms with Crippen LogP contribution >= 0.6 is 0 Å². The Kier molecular flexibility index (Phi) is 4.93. The molecule has 0 aromatic heterocycles. The molecule has 1 aromatic rings. The van der Waals surface area contributed by atoms with Crippen molar-refractivity contribution in [1.82, 2.24) is 5.32 Å². The lowest BCUT2D eigenvalue weighted by atomic mass is 10.2. The fourth-order valence-electron chi connectivity index (χ4n) is 1.40. The van der Waals surface area contributed by atoms with Crippen LogP contribution in [0.3, 0.4) is 0 Å². The maximum atomic E-state index is 8.65. The summed E-state index contributed by atoms with van der Waals surface area (Å²) in [6.07, 6.45) is 0. The van der Waals surface area contributed by atoms with Crippen molar-refractivity contribution in [2.24, 2.45) is 0 Å². The zero-order chi connectivity index (χ0) is 11.1. The normalized spacial score (nSPS) is 10.1. The molecular weight excluding hydrogens is 194 g/mol. The van der Waals surface area contributed by atoms with E-state index in [1.54, 1.807) is 14.2 Å². The number of methoxy groups -OCH3 is 2. The number of hydrogen-bond acceptors (Lipinski definition) is 4. The number of rotatable bonds is 6. The van der Waals surface area contributed by atoms with E-state index >= 15 is 0 Å². The van der Waals surface area contributed by atoms with Crippen molar-refractivity contribution in [3.05, 3.63) is 23.8 Å². The number of para-hydroxylation sites is 1. The summed E-state index contributed by atoms with van der Waals surface area (Å²) in [7, 11) is 3.23. The van der Waals surface area contributed by atoms with Gasteiger partial charge in [0.15, 0.2) is 11.5 Å². The highest BCUT2D eigenvalue weighted by Crippen LogP contribution is 2.30. The second-order valence-corrected chi connectivity index (χ2v) is 3.05. The second-order valence-electron chi connectivity index (χ2n) is 3.05. The Morgan fingerprint density at radius 3 is 2.67 bits per heavy atom. The predicted molar refractivity (Wildman–Crippen MR) is 58.3 cm³/mol. The molecule has 4 heteroatoms. The van der Waals surface area contributed by atoms with Crippen molar-refractivity contribution in [1.29, 1.82) is 0 Å². The summed E-state index contributed by atoms with van der Waals surface area (Å²) >= 11 is 0. The van der Waals surface area contributed by atoms with Crippen LogP contribution in [0.1, 0.15) is 5.56 Å². The highest BCUT2D eigenvalue weighted by molar-refractivity contribution is 5.46. The van der Waals surface area contributed by atoms with Crippen LogP contribution in [-0.2, 0) is 6.54 Å². The smallest absolute Gasteiger partial charge is 0.165 e. The molecule has 84 valence electrons. The SMILES string of the molecule is COc1cccc(CNCCO)c1OC. The third-order valence-electron chi connectivity index (χ3n) is 2.09. The van der Waals surface area contributed by atoms with Gasteiger partial charge in [-0.1, -0.05) is 12.1 Å². The van der Waals surface area contributed by atoms with Gasteiger partial charge in [-0.15, -0.1) is 0 Å². The van der Waals surface area contributed by atoms with E-state index < -0.39 is 0 Å². The average Bonchev–Trinajstić information content (AvgIpc) is 2.29. The molecule has 0 aliphatic carbocycles. The topological polar surface area (TPSA) is 50.7 Å². The molecule has 1 rings (SSSR count). The molecule has 0 spiro atoms. The molecule has 0 amide bonds. The van der Waals surface area contributed by atoms with Gasteiger partial charge in [-0.25, -0.2) is 0 Å². The minimum Gasteiger partial charge on any atom is -0.493 e. The first-order valence-electron chi connectivity index (χ1n) is 4.85. The average molecular weight is 211 g/mol. The highest BCUT2D eigenvalue weighted by atomic mass is 16.5. The number of ether oxygens (including phenoxy) is 2. The maximum absolute atomic E-state index is 8.65. The lowest BCUT2D eigenvalue weighted by Crippen LogP contribution is -2.17. The van der Waals surface area contributed by atoms with Gasteiger partial charge in [-0.2, -0.15) is 0 Å². The van der Waals surface area contributed by atoms with Gasteiger partial charge >= 0.3 is 0 Å². The molecule has 0 aliphatic heterocycles. The molecular formula is C11H17NO3. The van der Waals surface area contributed by atoms with E-state index in [0.717, 1.165) is 17.1 Å². The Labute approximate surface area is 89.8 Å². The lowest BCUT2D eigenvalue weighted by molar-refractivity contribution is 0.291. The van der Waals surface area contributed by atoms with Crippen molar-refractivity contribution >= 4 is 0 Å². The van der Waals surface area contributed by atoms with Gasteiger partial charge in [0.1, 0.15) is 0 Å². The molecule has 0 saturated carbocycles. The molecule has 0 bridgehead atoms. The first kappa shape index (κ1) is 11.8. The van der Waals surface area contributed by atoms with Crippen molar-refractivity contribution in [2.45, 2.75) is 6.54 Å². The monoisotopic (exact) mass is 211 g/mol. The van der Waals surface area contributed by atoms with Crippen LogP contribution in [0.4, 0.5) is 0 Å². The highest BCUT2D eigenvalue weighted by Gasteiger charge is 2.08. The van der Waals surface area contributed by atoms with Crippen molar-refractivity contribution < 1.29 is 14.6 Å². The van der Waals surface area contributed by atoms with E-state index in [9.17, 15) is 0 Å². The molecule has 0 heterocycles. The number of benzene rings is 1. The van der Waals surface area contributed by atoms with E-state index in [0.29, 0.717) is 13.1 Å². The number of aliphatic hydroxyl groups excluding tert-OH is 1. The quantitative estimate of drug-likeness (QED) is 0.683. The summed E-state index contributed by atoms with van der Waals surface area (Å²) in [6, 6.07) is 5.73. The summed E-state index contributed by atoms with van der Waals surface area (Å²) in [5.74, 6) is 1.46. The fourth-order valence-corrected chi connectivity index (χ4v) is 1.40. The molecule has 0 atom stereocenters. The van der Waals surface area contributed by atoms with E-state index in [1.165, 1.54) is 0 Å². The summed E-state index contributed by atoms with van der Waals surface area (Å²) in [5.41, 5.74) is 1.02. The minimum absolute atomic E-state index is 0.131. The van der Waals surface area contributed by atoms with Crippen LogP contribution in [0, 0.1) is 0 Å². The molecule has 0 radical (unpaired) electrons. The zero-order valence-corrected chi connectivity index (χ0v) is 9.12. The van der Waals surface area contributed by atoms with E-state index in [4.69, 9.17) is 14.6 Å². The summed E-state index contributed by atoms with van der Waals surface area (Å²) in [4.78, 5) is 0. The molecule has 1 aromatic carbocycles. The molecule has 0 fully saturated rings. The largest absolute Gasteiger partial charge is 0.493 e. The van der Waals surface area contributed by atoms with Crippen LogP contribution < -0.4 is 14.8 Å². The van der Waals surface area contributed by atoms with Gasteiger partial charge in [-0.3, -0.25) is 0 Å². The summed E-state index contributed by atoms with van der Waals surface area (Å²) in [6.45, 7) is 1.35. The lowest BCUT2D eigenvalue weighted by Gasteiger charge is -2.12. The molecule has 4 nitrogen and oxygen atoms in total. The van der Waals surface area contributed by atoms with Crippen LogP contribution in [0.25, 0.3) is 0 Å². The molecule has 15 heavy (non-hydrogen) atoms. The van der Waals surface area contributed by atoms with E-state index in [2.05, 4.69) is 5.32 Å². The van der Waals surface area contributed by atoms with E-state index in [-0.39, 0.29) is 6.61 Å². The molecule has 2 N–H and O–H groups in total. The Hall–Kier alpha value is -1.26. The summed E-state index contributed by atoms with van der Waals surface area (Å²) in [5, 5.41) is 11.7. The Balaban J connectivity index is 2.76. The second kappa shape index (κ2) is 6.27. The fraction of sp³-hybridized carbons (Fsp3) is 0.455. The Bertz CT molecular complexity index is 302. The molecule has 0 saturated heterocycles. The maximum Gasteiger partial charge on any atom is 0.165 e. The van der Waals surface area contributed by atoms with Gasteiger partial charge in [0.25, 0.3) is 0 Å². The van der Waals surface area contributed by atoms with Crippen LogP contribution in [0.2, 0.25) is 0 Å². The van der Waals surface area contributed by atoms with Gasteiger partial charge < -0.3 is 19.9 Å². The Morgan fingerprint density at radius 1 is 1.27 bits per heavy atom. The van der Waals surface area contributed by atoms with E-state index in [1.807, 2.05) is 18.2 Å². The first-order valence-corrected chi connectivity index (χ1v) is 4.85. The third-order valence-corrected chi connectivity index (χ3v) is 2.09. The van der Waals surface area contributed by atoms with Crippen LogP contribution in [0.15, 0.2) is 18.2 Å². The van der Waals surface area contributed by atoms with Gasteiger partial charge in [-0.05, 0) is 6.07 Å². The predicted octanol–water partition coefficient (Wildman–Crippen LogP) is 0.786. The van der Waals surface area contributed by atoms with Crippen molar-refractivity contribution in [2.75, 3.05) is 27.4 Å². The first-order chi connectivity index (χ1) is 7.33. The standard InChI is InChI=1S/C11H17NO3/c1-14-10-5-3-4-9(11(10)15-2)8-12-6-7-13/h3-5,12-13H,6-8H2,1-2H3. The molecule has 0 aliphatic rings. The third kappa shape index (κ3) is 3.11. The van der Waals surface area contributed by atoms with Crippen molar-refractivity contribution in [3.8, 4) is 11.5 Å². The van der Waals surface area contributed by atoms with Gasteiger partial charge in [0.2, 0.25) is 0 Å². The zero-order valence-electron chi connectivity index (χ0n) is 9.12. The van der Waals surface area contributed by atoms with Gasteiger partial charge in [0, 0.05) is 18.7 Å². The van der Waals surface area contributed by atoms with Crippen molar-refractivity contribution in [3.63, 3.8) is 0 Å². The number of aliphatic hydroxyl groups is 1. The summed E-state index contributed by atoms with van der Waals surface area (Å²) < 4.78 is 10.5. The number of nitrogens with one attached hydrogen (secondary N) is 1. The van der Waals surface area contributed by atoms with Crippen LogP contribution in [-0.4, -0.2) is 32.5 Å². The van der Waals surface area contributed by atoms with Crippen LogP contribution in [0.5, 0.6) is 11.5 Å². The number of hydrogen-bond donors (Lipinski definition) is 2. The minimum atomic E-state index is 0.131.